The van der Waals surface area contributed by atoms with E-state index >= 15 is 0 Å². The molecule has 0 aliphatic rings. The quantitative estimate of drug-likeness (QED) is 0.184. The molecule has 0 aromatic rings. The molecule has 0 N–H and O–H groups in total. The minimum Gasteiger partial charge on any atom is -0.463 e. The first kappa shape index (κ1) is 27.3. The van der Waals surface area contributed by atoms with E-state index in [0.717, 1.165) is 12.8 Å². The maximum absolute atomic E-state index is 11.6. The second-order valence-electron chi connectivity index (χ2n) is 6.83. The van der Waals surface area contributed by atoms with Gasteiger partial charge in [-0.3, -0.25) is 4.79 Å². The van der Waals surface area contributed by atoms with Gasteiger partial charge < -0.3 is 23.7 Å². The normalized spacial score (nSPS) is 11.1. The zero-order valence-electron chi connectivity index (χ0n) is 18.4. The van der Waals surface area contributed by atoms with Crippen LogP contribution >= 0.6 is 0 Å². The Morgan fingerprint density at radius 2 is 0.964 bits per heavy atom. The highest BCUT2D eigenvalue weighted by atomic mass is 16.6. The first-order valence-electron chi connectivity index (χ1n) is 11.3. The van der Waals surface area contributed by atoms with Crippen LogP contribution in [0.3, 0.4) is 0 Å². The lowest BCUT2D eigenvalue weighted by Gasteiger charge is -2.08. The van der Waals surface area contributed by atoms with Crippen LogP contribution in [0.2, 0.25) is 0 Å². The number of esters is 1. The molecule has 0 aromatic carbocycles. The van der Waals surface area contributed by atoms with Gasteiger partial charge in [-0.1, -0.05) is 58.3 Å². The van der Waals surface area contributed by atoms with E-state index in [-0.39, 0.29) is 5.97 Å². The van der Waals surface area contributed by atoms with Gasteiger partial charge in [0.15, 0.2) is 0 Å². The van der Waals surface area contributed by atoms with E-state index in [4.69, 9.17) is 23.7 Å². The Morgan fingerprint density at radius 1 is 0.536 bits per heavy atom. The van der Waals surface area contributed by atoms with Crippen LogP contribution in [-0.4, -0.2) is 65.4 Å². The molecule has 0 heterocycles. The largest absolute Gasteiger partial charge is 0.463 e. The summed E-state index contributed by atoms with van der Waals surface area (Å²) in [6.07, 6.45) is 11.8. The summed E-state index contributed by atoms with van der Waals surface area (Å²) in [6.45, 7) is 8.98. The van der Waals surface area contributed by atoms with Crippen LogP contribution in [0.1, 0.15) is 78.1 Å². The van der Waals surface area contributed by atoms with Crippen LogP contribution in [0, 0.1) is 0 Å². The molecule has 0 bridgehead atoms. The Kier molecular flexibility index (Phi) is 23.7. The number of hydrogen-bond acceptors (Lipinski definition) is 6. The van der Waals surface area contributed by atoms with E-state index in [1.807, 2.05) is 6.92 Å². The molecule has 6 heteroatoms. The van der Waals surface area contributed by atoms with Gasteiger partial charge in [-0.05, 0) is 13.3 Å². The summed E-state index contributed by atoms with van der Waals surface area (Å²) in [4.78, 5) is 11.6. The average Bonchev–Trinajstić information content (AvgIpc) is 2.70. The summed E-state index contributed by atoms with van der Waals surface area (Å²) < 4.78 is 26.4. The van der Waals surface area contributed by atoms with Gasteiger partial charge in [-0.15, -0.1) is 0 Å². The van der Waals surface area contributed by atoms with Crippen molar-refractivity contribution in [1.29, 1.82) is 0 Å². The maximum atomic E-state index is 11.6. The van der Waals surface area contributed by atoms with Gasteiger partial charge in [-0.25, -0.2) is 0 Å². The molecule has 0 aliphatic carbocycles. The molecular weight excluding hydrogens is 360 g/mol. The Labute approximate surface area is 172 Å². The van der Waals surface area contributed by atoms with Crippen molar-refractivity contribution >= 4 is 5.97 Å². The molecule has 6 nitrogen and oxygen atoms in total. The molecular formula is C22H44O6. The van der Waals surface area contributed by atoms with Crippen LogP contribution in [0.25, 0.3) is 0 Å². The molecule has 0 fully saturated rings. The molecule has 0 spiro atoms. The Morgan fingerprint density at radius 3 is 1.46 bits per heavy atom. The van der Waals surface area contributed by atoms with E-state index in [1.54, 1.807) is 0 Å². The zero-order chi connectivity index (χ0) is 20.5. The summed E-state index contributed by atoms with van der Waals surface area (Å²) in [5, 5.41) is 0. The van der Waals surface area contributed by atoms with Gasteiger partial charge in [0.05, 0.1) is 46.2 Å². The molecule has 0 amide bonds. The summed E-state index contributed by atoms with van der Waals surface area (Å²) in [5.41, 5.74) is 0. The molecule has 28 heavy (non-hydrogen) atoms. The minimum absolute atomic E-state index is 0.119. The van der Waals surface area contributed by atoms with Crippen LogP contribution in [0.4, 0.5) is 0 Å². The predicted octanol–water partition coefficient (Wildman–Crippen LogP) is 4.54. The number of ether oxygens (including phenoxy) is 5. The lowest BCUT2D eigenvalue weighted by Crippen LogP contribution is -2.14. The lowest BCUT2D eigenvalue weighted by atomic mass is 10.1. The second kappa shape index (κ2) is 24.3. The molecule has 0 saturated carbocycles. The van der Waals surface area contributed by atoms with Crippen molar-refractivity contribution in [3.63, 3.8) is 0 Å². The fraction of sp³-hybridized carbons (Fsp3) is 0.955. The molecule has 0 aromatic heterocycles. The van der Waals surface area contributed by atoms with Crippen LogP contribution < -0.4 is 0 Å². The van der Waals surface area contributed by atoms with Crippen molar-refractivity contribution in [1.82, 2.24) is 0 Å². The van der Waals surface area contributed by atoms with Crippen molar-refractivity contribution in [3.05, 3.63) is 0 Å². The van der Waals surface area contributed by atoms with E-state index in [1.165, 1.54) is 44.9 Å². The molecule has 0 atom stereocenters. The van der Waals surface area contributed by atoms with Crippen LogP contribution in [-0.2, 0) is 28.5 Å². The summed E-state index contributed by atoms with van der Waals surface area (Å²) in [5.74, 6) is -0.119. The van der Waals surface area contributed by atoms with Crippen molar-refractivity contribution < 1.29 is 28.5 Å². The molecule has 0 aliphatic heterocycles. The van der Waals surface area contributed by atoms with Gasteiger partial charge in [0.25, 0.3) is 0 Å². The van der Waals surface area contributed by atoms with Crippen LogP contribution in [0.5, 0.6) is 0 Å². The fourth-order valence-electron chi connectivity index (χ4n) is 2.67. The number of unbranched alkanes of at least 4 members (excludes halogenated alkanes) is 8. The summed E-state index contributed by atoms with van der Waals surface area (Å²) in [7, 11) is 0. The van der Waals surface area contributed by atoms with Gasteiger partial charge >= 0.3 is 5.97 Å². The monoisotopic (exact) mass is 404 g/mol. The number of rotatable bonds is 23. The van der Waals surface area contributed by atoms with Crippen molar-refractivity contribution in [3.8, 4) is 0 Å². The highest BCUT2D eigenvalue weighted by Crippen LogP contribution is 2.10. The van der Waals surface area contributed by atoms with E-state index < -0.39 is 0 Å². The SMILES string of the molecule is CCCCCCCCCCCC(=O)OCCOCCOCCOCCOCC. The minimum atomic E-state index is -0.119. The Balaban J connectivity index is 3.13. The molecule has 168 valence electrons. The summed E-state index contributed by atoms with van der Waals surface area (Å²) in [6, 6.07) is 0. The van der Waals surface area contributed by atoms with Crippen molar-refractivity contribution in [2.45, 2.75) is 78.1 Å². The van der Waals surface area contributed by atoms with Gasteiger partial charge in [0.2, 0.25) is 0 Å². The van der Waals surface area contributed by atoms with Gasteiger partial charge in [0.1, 0.15) is 6.61 Å². The smallest absolute Gasteiger partial charge is 0.305 e. The Bertz CT molecular complexity index is 311. The predicted molar refractivity (Wildman–Crippen MR) is 112 cm³/mol. The van der Waals surface area contributed by atoms with Gasteiger partial charge in [0, 0.05) is 13.0 Å². The van der Waals surface area contributed by atoms with Crippen LogP contribution in [0.15, 0.2) is 0 Å². The standard InChI is InChI=1S/C22H44O6/c1-3-5-6-7-8-9-10-11-12-13-22(23)28-21-20-27-19-18-26-17-16-25-15-14-24-4-2/h3-21H2,1-2H3. The maximum Gasteiger partial charge on any atom is 0.305 e. The van der Waals surface area contributed by atoms with E-state index in [0.29, 0.717) is 65.9 Å². The first-order valence-corrected chi connectivity index (χ1v) is 11.3. The van der Waals surface area contributed by atoms with Crippen molar-refractivity contribution in [2.24, 2.45) is 0 Å². The number of carbonyl (C=O) groups is 1. The van der Waals surface area contributed by atoms with E-state index in [2.05, 4.69) is 6.92 Å². The third-order valence-corrected chi connectivity index (χ3v) is 4.30. The fourth-order valence-corrected chi connectivity index (χ4v) is 2.67. The molecule has 0 saturated heterocycles. The zero-order valence-corrected chi connectivity index (χ0v) is 18.4. The second-order valence-corrected chi connectivity index (χ2v) is 6.83. The average molecular weight is 405 g/mol. The number of hydrogen-bond donors (Lipinski definition) is 0. The van der Waals surface area contributed by atoms with Gasteiger partial charge in [-0.2, -0.15) is 0 Å². The molecule has 0 radical (unpaired) electrons. The highest BCUT2D eigenvalue weighted by Gasteiger charge is 2.02. The molecule has 0 rings (SSSR count). The third-order valence-electron chi connectivity index (χ3n) is 4.30. The number of carbonyl (C=O) groups excluding carboxylic acids is 1. The third kappa shape index (κ3) is 23.3. The first-order chi connectivity index (χ1) is 13.8. The highest BCUT2D eigenvalue weighted by molar-refractivity contribution is 5.69. The Hall–Kier alpha value is -0.690. The molecule has 0 unspecified atom stereocenters. The summed E-state index contributed by atoms with van der Waals surface area (Å²) >= 11 is 0. The van der Waals surface area contributed by atoms with Crippen molar-refractivity contribution in [2.75, 3.05) is 59.5 Å². The lowest BCUT2D eigenvalue weighted by molar-refractivity contribution is -0.145. The van der Waals surface area contributed by atoms with E-state index in [9.17, 15) is 4.79 Å². The topological polar surface area (TPSA) is 63.2 Å².